The van der Waals surface area contributed by atoms with Gasteiger partial charge in [-0.3, -0.25) is 0 Å². The number of aromatic amines is 1. The fourth-order valence-corrected chi connectivity index (χ4v) is 11.4. The van der Waals surface area contributed by atoms with Crippen molar-refractivity contribution in [3.8, 4) is 0 Å². The van der Waals surface area contributed by atoms with E-state index in [4.69, 9.17) is 0 Å². The summed E-state index contributed by atoms with van der Waals surface area (Å²) in [4.78, 5) is 4.11. The number of nitrogens with one attached hydrogen (secondary N) is 1. The van der Waals surface area contributed by atoms with Crippen molar-refractivity contribution >= 4 is 58.9 Å². The maximum atomic E-state index is 4.11. The van der Waals surface area contributed by atoms with E-state index in [1.807, 2.05) is 0 Å². The zero-order chi connectivity index (χ0) is 34.2. The van der Waals surface area contributed by atoms with Gasteiger partial charge >= 0.3 is 0 Å². The molecule has 0 amide bonds. The van der Waals surface area contributed by atoms with Crippen LogP contribution in [-0.2, 0) is 23.2 Å². The van der Waals surface area contributed by atoms with Crippen LogP contribution in [0.1, 0.15) is 63.8 Å². The standard InChI is InChI=1S/C46H47NP2/c1-45(2,3)35-27-33(31-48(37-19-11-7-12-20-37)38-21-13-8-14-22-38)43-41(29-35)42-30-36(46(4,5)6)28-34(44(42)47-43)32-49(39-23-15-9-16-24-39)40-25-17-10-18-26-40/h7-30,47H,31-32H2,1-6H3. The van der Waals surface area contributed by atoms with Gasteiger partial charge in [0.15, 0.2) is 0 Å². The van der Waals surface area contributed by atoms with E-state index in [0.29, 0.717) is 0 Å². The fourth-order valence-electron chi connectivity index (χ4n) is 6.80. The third kappa shape index (κ3) is 7.17. The number of rotatable bonds is 8. The molecule has 0 aliphatic carbocycles. The van der Waals surface area contributed by atoms with Gasteiger partial charge in [0, 0.05) is 23.1 Å². The zero-order valence-electron chi connectivity index (χ0n) is 29.7. The Balaban J connectivity index is 1.46. The summed E-state index contributed by atoms with van der Waals surface area (Å²) in [7, 11) is -1.20. The molecule has 0 spiro atoms. The van der Waals surface area contributed by atoms with Crippen LogP contribution in [0.25, 0.3) is 21.8 Å². The quantitative estimate of drug-likeness (QED) is 0.154. The molecule has 7 rings (SSSR count). The summed E-state index contributed by atoms with van der Waals surface area (Å²) in [5.41, 5.74) is 8.23. The minimum Gasteiger partial charge on any atom is -0.354 e. The largest absolute Gasteiger partial charge is 0.354 e. The summed E-state index contributed by atoms with van der Waals surface area (Å²) in [5, 5.41) is 8.37. The number of hydrogen-bond acceptors (Lipinski definition) is 0. The lowest BCUT2D eigenvalue weighted by molar-refractivity contribution is 0.590. The molecule has 0 radical (unpaired) electrons. The summed E-state index contributed by atoms with van der Waals surface area (Å²) in [5.74, 6) is 0. The molecule has 0 atom stereocenters. The number of H-pyrrole nitrogens is 1. The van der Waals surface area contributed by atoms with E-state index in [-0.39, 0.29) is 10.8 Å². The van der Waals surface area contributed by atoms with E-state index in [2.05, 4.69) is 192 Å². The van der Waals surface area contributed by atoms with Crippen LogP contribution in [0.4, 0.5) is 0 Å². The van der Waals surface area contributed by atoms with Gasteiger partial charge in [-0.15, -0.1) is 0 Å². The highest BCUT2D eigenvalue weighted by Gasteiger charge is 2.25. The van der Waals surface area contributed by atoms with E-state index in [0.717, 1.165) is 12.3 Å². The second-order valence-electron chi connectivity index (χ2n) is 15.3. The molecule has 0 unspecified atom stereocenters. The lowest BCUT2D eigenvalue weighted by atomic mass is 9.83. The van der Waals surface area contributed by atoms with Crippen LogP contribution in [0.2, 0.25) is 0 Å². The van der Waals surface area contributed by atoms with Gasteiger partial charge in [-0.05, 0) is 82.3 Å². The molecule has 0 aliphatic rings. The maximum Gasteiger partial charge on any atom is 0.0501 e. The van der Waals surface area contributed by atoms with E-state index in [1.54, 1.807) is 0 Å². The van der Waals surface area contributed by atoms with Crippen LogP contribution in [0.3, 0.4) is 0 Å². The van der Waals surface area contributed by atoms with Crippen molar-refractivity contribution in [1.82, 2.24) is 4.98 Å². The fraction of sp³-hybridized carbons (Fsp3) is 0.217. The third-order valence-corrected chi connectivity index (χ3v) is 14.6. The Morgan fingerprint density at radius 2 is 0.694 bits per heavy atom. The molecule has 1 nitrogen and oxygen atoms in total. The molecule has 49 heavy (non-hydrogen) atoms. The van der Waals surface area contributed by atoms with Crippen LogP contribution < -0.4 is 21.2 Å². The van der Waals surface area contributed by atoms with Gasteiger partial charge in [0.25, 0.3) is 0 Å². The first-order chi connectivity index (χ1) is 23.6. The second kappa shape index (κ2) is 13.7. The molecule has 0 aliphatic heterocycles. The number of aromatic nitrogens is 1. The van der Waals surface area contributed by atoms with Crippen molar-refractivity contribution in [2.45, 2.75) is 64.7 Å². The van der Waals surface area contributed by atoms with Crippen LogP contribution in [-0.4, -0.2) is 4.98 Å². The Morgan fingerprint density at radius 1 is 0.408 bits per heavy atom. The molecular weight excluding hydrogens is 628 g/mol. The van der Waals surface area contributed by atoms with Crippen LogP contribution in [0.15, 0.2) is 146 Å². The van der Waals surface area contributed by atoms with Crippen molar-refractivity contribution in [1.29, 1.82) is 0 Å². The van der Waals surface area contributed by atoms with Crippen molar-refractivity contribution in [2.24, 2.45) is 0 Å². The highest BCUT2D eigenvalue weighted by molar-refractivity contribution is 7.72. The molecule has 0 saturated carbocycles. The first-order valence-electron chi connectivity index (χ1n) is 17.4. The SMILES string of the molecule is CC(C)(C)c1cc(CP(c2ccccc2)c2ccccc2)c2[nH]c3c(CP(c4ccccc4)c4ccccc4)cc(C(C)(C)C)cc3c2c1. The van der Waals surface area contributed by atoms with Crippen molar-refractivity contribution in [2.75, 3.05) is 0 Å². The van der Waals surface area contributed by atoms with Crippen molar-refractivity contribution in [3.05, 3.63) is 168 Å². The predicted molar refractivity (Wildman–Crippen MR) is 219 cm³/mol. The first kappa shape index (κ1) is 33.5. The normalized spacial score (nSPS) is 12.4. The molecule has 1 heterocycles. The number of benzene rings is 6. The third-order valence-electron chi connectivity index (χ3n) is 9.64. The number of hydrogen-bond donors (Lipinski definition) is 1. The topological polar surface area (TPSA) is 15.8 Å². The molecule has 0 fully saturated rings. The van der Waals surface area contributed by atoms with Gasteiger partial charge < -0.3 is 4.98 Å². The molecule has 3 heteroatoms. The van der Waals surface area contributed by atoms with Gasteiger partial charge in [-0.1, -0.05) is 175 Å². The Labute approximate surface area is 295 Å². The van der Waals surface area contributed by atoms with Crippen molar-refractivity contribution < 1.29 is 0 Å². The van der Waals surface area contributed by atoms with E-state index < -0.39 is 15.8 Å². The molecule has 246 valence electrons. The van der Waals surface area contributed by atoms with E-state index in [1.165, 1.54) is 65.3 Å². The molecule has 7 aromatic rings. The van der Waals surface area contributed by atoms with Crippen LogP contribution in [0.5, 0.6) is 0 Å². The van der Waals surface area contributed by atoms with Gasteiger partial charge in [0.1, 0.15) is 0 Å². The molecular formula is C46H47NP2. The monoisotopic (exact) mass is 675 g/mol. The average molecular weight is 676 g/mol. The van der Waals surface area contributed by atoms with E-state index >= 15 is 0 Å². The minimum atomic E-state index is -0.602. The Bertz CT molecular complexity index is 1940. The lowest BCUT2D eigenvalue weighted by Gasteiger charge is -2.24. The van der Waals surface area contributed by atoms with Gasteiger partial charge in [0.2, 0.25) is 0 Å². The molecule has 1 aromatic heterocycles. The Kier molecular flexibility index (Phi) is 9.37. The summed E-state index contributed by atoms with van der Waals surface area (Å²) in [6.07, 6.45) is 1.97. The second-order valence-corrected chi connectivity index (χ2v) is 19.7. The summed E-state index contributed by atoms with van der Waals surface area (Å²) in [6, 6.07) is 54.6. The molecule has 0 bridgehead atoms. The summed E-state index contributed by atoms with van der Waals surface area (Å²) >= 11 is 0. The molecule has 0 saturated heterocycles. The van der Waals surface area contributed by atoms with Gasteiger partial charge in [-0.2, -0.15) is 0 Å². The lowest BCUT2D eigenvalue weighted by Crippen LogP contribution is -2.15. The van der Waals surface area contributed by atoms with Gasteiger partial charge in [0.05, 0.1) is 11.0 Å². The average Bonchev–Trinajstić information content (AvgIpc) is 3.49. The minimum absolute atomic E-state index is 0.0220. The maximum absolute atomic E-state index is 4.11. The first-order valence-corrected chi connectivity index (χ1v) is 20.5. The van der Waals surface area contributed by atoms with E-state index in [9.17, 15) is 0 Å². The van der Waals surface area contributed by atoms with Crippen LogP contribution in [0, 0.1) is 0 Å². The number of fused-ring (bicyclic) bond motifs is 3. The summed E-state index contributed by atoms with van der Waals surface area (Å²) < 4.78 is 0. The highest BCUT2D eigenvalue weighted by Crippen LogP contribution is 2.45. The van der Waals surface area contributed by atoms with Crippen LogP contribution >= 0.6 is 15.8 Å². The summed E-state index contributed by atoms with van der Waals surface area (Å²) in [6.45, 7) is 14.1. The smallest absolute Gasteiger partial charge is 0.0501 e. The predicted octanol–water partition coefficient (Wildman–Crippen LogP) is 11.2. The Hall–Kier alpha value is -4.02. The molecule has 1 N–H and O–H groups in total. The molecule has 6 aromatic carbocycles. The Morgan fingerprint density at radius 3 is 0.959 bits per heavy atom. The van der Waals surface area contributed by atoms with Gasteiger partial charge in [-0.25, -0.2) is 0 Å². The zero-order valence-corrected chi connectivity index (χ0v) is 31.5. The highest BCUT2D eigenvalue weighted by atomic mass is 31.1. The van der Waals surface area contributed by atoms with Crippen molar-refractivity contribution in [3.63, 3.8) is 0 Å².